The predicted octanol–water partition coefficient (Wildman–Crippen LogP) is 2.42. The van der Waals surface area contributed by atoms with Gasteiger partial charge in [-0.2, -0.15) is 5.10 Å². The highest BCUT2D eigenvalue weighted by Crippen LogP contribution is 2.23. The van der Waals surface area contributed by atoms with E-state index < -0.39 is 11.6 Å². The van der Waals surface area contributed by atoms with Gasteiger partial charge in [0, 0.05) is 19.3 Å². The van der Waals surface area contributed by atoms with Gasteiger partial charge in [-0.05, 0) is 27.2 Å². The summed E-state index contributed by atoms with van der Waals surface area (Å²) in [7, 11) is 0. The molecule has 1 aliphatic rings. The van der Waals surface area contributed by atoms with E-state index >= 15 is 0 Å². The smallest absolute Gasteiger partial charge is 0.410 e. The molecule has 1 aromatic heterocycles. The third-order valence-corrected chi connectivity index (χ3v) is 3.32. The van der Waals surface area contributed by atoms with E-state index in [1.807, 2.05) is 20.8 Å². The Morgan fingerprint density at radius 3 is 2.82 bits per heavy atom. The summed E-state index contributed by atoms with van der Waals surface area (Å²) < 4.78 is 11.7. The molecule has 8 heteroatoms. The first-order chi connectivity index (χ1) is 10.3. The van der Waals surface area contributed by atoms with Gasteiger partial charge >= 0.3 is 12.1 Å². The lowest BCUT2D eigenvalue weighted by molar-refractivity contribution is 0.0288. The number of esters is 1. The largest absolute Gasteiger partial charge is 0.446 e. The minimum atomic E-state index is -0.515. The molecule has 1 aromatic rings. The fourth-order valence-electron chi connectivity index (χ4n) is 2.23. The number of halogens is 1. The number of carbonyl (C=O) groups excluding carboxylic acids is 2. The molecule has 0 N–H and O–H groups in total. The summed E-state index contributed by atoms with van der Waals surface area (Å²) in [6.07, 6.45) is 3.47. The van der Waals surface area contributed by atoms with Crippen LogP contribution < -0.4 is 0 Å². The molecule has 22 heavy (non-hydrogen) atoms. The summed E-state index contributed by atoms with van der Waals surface area (Å²) in [5.41, 5.74) is -0.171. The number of hydrogen-bond donors (Lipinski definition) is 0. The number of amides is 1. The number of hydrogen-bond acceptors (Lipinski definition) is 5. The molecule has 122 valence electrons. The zero-order valence-electron chi connectivity index (χ0n) is 12.9. The minimum absolute atomic E-state index is 0.0186. The number of likely N-dealkylation sites (tertiary alicyclic amines) is 1. The molecule has 0 aliphatic carbocycles. The maximum absolute atomic E-state index is 12.0. The lowest BCUT2D eigenvalue weighted by Gasteiger charge is -2.24. The molecule has 7 nitrogen and oxygen atoms in total. The van der Waals surface area contributed by atoms with E-state index in [-0.39, 0.29) is 18.2 Å². The highest BCUT2D eigenvalue weighted by Gasteiger charge is 2.31. The van der Waals surface area contributed by atoms with Crippen molar-refractivity contribution in [2.45, 2.75) is 38.8 Å². The van der Waals surface area contributed by atoms with Crippen LogP contribution in [0.4, 0.5) is 4.79 Å². The molecule has 1 aliphatic heterocycles. The van der Waals surface area contributed by atoms with E-state index in [4.69, 9.17) is 21.1 Å². The van der Waals surface area contributed by atoms with E-state index in [0.29, 0.717) is 18.7 Å². The summed E-state index contributed by atoms with van der Waals surface area (Å²) >= 11 is 5.36. The number of carbonyl (C=O) groups is 2. The van der Waals surface area contributed by atoms with E-state index in [1.54, 1.807) is 15.8 Å². The number of ether oxygens (including phenoxy) is 2. The molecule has 0 saturated carbocycles. The van der Waals surface area contributed by atoms with E-state index in [2.05, 4.69) is 5.10 Å². The van der Waals surface area contributed by atoms with Crippen molar-refractivity contribution in [1.82, 2.24) is 14.7 Å². The second kappa shape index (κ2) is 6.56. The van der Waals surface area contributed by atoms with Gasteiger partial charge in [-0.25, -0.2) is 9.59 Å². The second-order valence-corrected chi connectivity index (χ2v) is 6.34. The summed E-state index contributed by atoms with van der Waals surface area (Å²) in [5, 5.41) is 4.16. The fraction of sp³-hybridized carbons (Fsp3) is 0.643. The number of nitrogens with zero attached hydrogens (tertiary/aromatic N) is 3. The SMILES string of the molecule is CC(C)(C)OC(=O)N1CCC(n2cc(C(=O)OCCl)cn2)C1. The Balaban J connectivity index is 1.96. The Morgan fingerprint density at radius 1 is 1.45 bits per heavy atom. The topological polar surface area (TPSA) is 73.7 Å². The third-order valence-electron chi connectivity index (χ3n) is 3.21. The van der Waals surface area contributed by atoms with Gasteiger partial charge in [-0.15, -0.1) is 0 Å². The Kier molecular flexibility index (Phi) is 4.95. The maximum Gasteiger partial charge on any atom is 0.410 e. The van der Waals surface area contributed by atoms with Gasteiger partial charge in [0.15, 0.2) is 6.07 Å². The van der Waals surface area contributed by atoms with Crippen molar-refractivity contribution in [1.29, 1.82) is 0 Å². The van der Waals surface area contributed by atoms with Crippen molar-refractivity contribution in [2.75, 3.05) is 19.2 Å². The van der Waals surface area contributed by atoms with E-state index in [1.165, 1.54) is 6.20 Å². The number of alkyl halides is 1. The molecule has 2 heterocycles. The van der Waals surface area contributed by atoms with E-state index in [9.17, 15) is 9.59 Å². The van der Waals surface area contributed by atoms with Gasteiger partial charge in [0.05, 0.1) is 17.8 Å². The van der Waals surface area contributed by atoms with Crippen molar-refractivity contribution in [2.24, 2.45) is 0 Å². The Morgan fingerprint density at radius 2 is 2.18 bits per heavy atom. The standard InChI is InChI=1S/C14H20ClN3O4/c1-14(2,3)22-13(20)17-5-4-11(8-17)18-7-10(6-16-18)12(19)21-9-15/h6-7,11H,4-5,8-9H2,1-3H3. The zero-order valence-corrected chi connectivity index (χ0v) is 13.7. The van der Waals surface area contributed by atoms with Gasteiger partial charge in [0.25, 0.3) is 0 Å². The highest BCUT2D eigenvalue weighted by atomic mass is 35.5. The van der Waals surface area contributed by atoms with Crippen LogP contribution in [0.3, 0.4) is 0 Å². The van der Waals surface area contributed by atoms with Crippen LogP contribution in [-0.2, 0) is 9.47 Å². The molecule has 0 spiro atoms. The average Bonchev–Trinajstić information content (AvgIpc) is 3.06. The molecule has 1 saturated heterocycles. The molecular weight excluding hydrogens is 310 g/mol. The van der Waals surface area contributed by atoms with Gasteiger partial charge in [-0.3, -0.25) is 4.68 Å². The van der Waals surface area contributed by atoms with Crippen molar-refractivity contribution in [3.05, 3.63) is 18.0 Å². The summed E-state index contributed by atoms with van der Waals surface area (Å²) in [4.78, 5) is 25.2. The number of aromatic nitrogens is 2. The monoisotopic (exact) mass is 329 g/mol. The summed E-state index contributed by atoms with van der Waals surface area (Å²) in [6.45, 7) is 6.60. The van der Waals surface area contributed by atoms with Crippen LogP contribution in [-0.4, -0.2) is 51.5 Å². The molecule has 1 atom stereocenters. The zero-order chi connectivity index (χ0) is 16.3. The molecule has 2 rings (SSSR count). The molecule has 0 radical (unpaired) electrons. The molecule has 1 fully saturated rings. The fourth-order valence-corrected chi connectivity index (χ4v) is 2.33. The first-order valence-electron chi connectivity index (χ1n) is 7.05. The van der Waals surface area contributed by atoms with Gasteiger partial charge in [0.2, 0.25) is 0 Å². The van der Waals surface area contributed by atoms with Crippen LogP contribution in [0.2, 0.25) is 0 Å². The van der Waals surface area contributed by atoms with Crippen LogP contribution in [0, 0.1) is 0 Å². The molecule has 0 aromatic carbocycles. The Labute approximate surface area is 134 Å². The molecule has 1 unspecified atom stereocenters. The maximum atomic E-state index is 12.0. The average molecular weight is 330 g/mol. The van der Waals surface area contributed by atoms with Crippen molar-refractivity contribution in [3.63, 3.8) is 0 Å². The van der Waals surface area contributed by atoms with Gasteiger partial charge < -0.3 is 14.4 Å². The minimum Gasteiger partial charge on any atom is -0.446 e. The normalized spacial score (nSPS) is 18.4. The quantitative estimate of drug-likeness (QED) is 0.629. The van der Waals surface area contributed by atoms with Crippen molar-refractivity contribution in [3.8, 4) is 0 Å². The number of rotatable bonds is 3. The summed E-state index contributed by atoms with van der Waals surface area (Å²) in [5.74, 6) is -0.511. The highest BCUT2D eigenvalue weighted by molar-refractivity contribution is 6.17. The van der Waals surface area contributed by atoms with Crippen LogP contribution in [0.5, 0.6) is 0 Å². The van der Waals surface area contributed by atoms with Crippen LogP contribution >= 0.6 is 11.6 Å². The first kappa shape index (κ1) is 16.6. The van der Waals surface area contributed by atoms with Crippen molar-refractivity contribution < 1.29 is 19.1 Å². The lowest BCUT2D eigenvalue weighted by atomic mass is 10.2. The summed E-state index contributed by atoms with van der Waals surface area (Å²) in [6, 6.07) is -0.176. The van der Waals surface area contributed by atoms with Crippen molar-refractivity contribution >= 4 is 23.7 Å². The van der Waals surface area contributed by atoms with Gasteiger partial charge in [0.1, 0.15) is 5.60 Å². The Hall–Kier alpha value is -1.76. The Bertz CT molecular complexity index is 553. The predicted molar refractivity (Wildman–Crippen MR) is 79.8 cm³/mol. The van der Waals surface area contributed by atoms with Crippen LogP contribution in [0.1, 0.15) is 43.6 Å². The molecule has 1 amide bonds. The second-order valence-electron chi connectivity index (χ2n) is 6.12. The molecular formula is C14H20ClN3O4. The third kappa shape index (κ3) is 4.13. The van der Waals surface area contributed by atoms with Crippen LogP contribution in [0.15, 0.2) is 12.4 Å². The van der Waals surface area contributed by atoms with E-state index in [0.717, 1.165) is 6.42 Å². The van der Waals surface area contributed by atoms with Gasteiger partial charge in [-0.1, -0.05) is 11.6 Å². The first-order valence-corrected chi connectivity index (χ1v) is 7.59. The van der Waals surface area contributed by atoms with Crippen LogP contribution in [0.25, 0.3) is 0 Å². The lowest BCUT2D eigenvalue weighted by Crippen LogP contribution is -2.35. The molecule has 0 bridgehead atoms.